The molecule has 0 aliphatic heterocycles. The molecular formula is C15H24O3S. The number of hydrogen-bond donors (Lipinski definition) is 1. The molecule has 0 bridgehead atoms. The monoisotopic (exact) mass is 284 g/mol. The van der Waals surface area contributed by atoms with Gasteiger partial charge in [-0.05, 0) is 23.8 Å². The number of hydrogen-bond acceptors (Lipinski definition) is 2. The maximum absolute atomic E-state index is 11.5. The summed E-state index contributed by atoms with van der Waals surface area (Å²) in [5, 5.41) is -0.678. The third kappa shape index (κ3) is 4.96. The molecule has 0 spiro atoms. The van der Waals surface area contributed by atoms with Crippen LogP contribution in [0.5, 0.6) is 0 Å². The van der Waals surface area contributed by atoms with Gasteiger partial charge in [-0.2, -0.15) is 8.42 Å². The Bertz CT molecular complexity index is 477. The average molecular weight is 284 g/mol. The predicted octanol–water partition coefficient (Wildman–Crippen LogP) is 3.80. The van der Waals surface area contributed by atoms with E-state index >= 15 is 0 Å². The Kier molecular flexibility index (Phi) is 5.56. The van der Waals surface area contributed by atoms with Gasteiger partial charge in [-0.3, -0.25) is 4.55 Å². The zero-order chi connectivity index (χ0) is 14.5. The maximum atomic E-state index is 11.5. The van der Waals surface area contributed by atoms with Gasteiger partial charge in [0, 0.05) is 0 Å². The van der Waals surface area contributed by atoms with E-state index in [1.165, 1.54) is 0 Å². The molecule has 0 aliphatic rings. The summed E-state index contributed by atoms with van der Waals surface area (Å²) in [6, 6.07) is 9.84. The highest BCUT2D eigenvalue weighted by Gasteiger charge is 2.31. The molecule has 0 radical (unpaired) electrons. The highest BCUT2D eigenvalue weighted by Crippen LogP contribution is 2.31. The van der Waals surface area contributed by atoms with Crippen LogP contribution in [0.3, 0.4) is 0 Å². The van der Waals surface area contributed by atoms with Crippen LogP contribution in [0.25, 0.3) is 0 Å². The highest BCUT2D eigenvalue weighted by atomic mass is 32.2. The van der Waals surface area contributed by atoms with Crippen molar-refractivity contribution in [3.63, 3.8) is 0 Å². The van der Waals surface area contributed by atoms with Crippen LogP contribution in [0.2, 0.25) is 0 Å². The fourth-order valence-corrected chi connectivity index (χ4v) is 3.46. The molecule has 0 amide bonds. The molecule has 1 atom stereocenters. The Labute approximate surface area is 116 Å². The summed E-state index contributed by atoms with van der Waals surface area (Å²) >= 11 is 0. The van der Waals surface area contributed by atoms with E-state index in [1.54, 1.807) is 0 Å². The molecule has 0 saturated carbocycles. The van der Waals surface area contributed by atoms with Gasteiger partial charge in [-0.25, -0.2) is 0 Å². The first-order valence-electron chi connectivity index (χ1n) is 6.79. The lowest BCUT2D eigenvalue weighted by atomic mass is 9.80. The second-order valence-corrected chi connectivity index (χ2v) is 7.43. The van der Waals surface area contributed by atoms with Crippen molar-refractivity contribution in [2.45, 2.75) is 57.1 Å². The average Bonchev–Trinajstić information content (AvgIpc) is 2.34. The van der Waals surface area contributed by atoms with Crippen LogP contribution in [0.1, 0.15) is 52.0 Å². The van der Waals surface area contributed by atoms with E-state index in [9.17, 15) is 13.0 Å². The van der Waals surface area contributed by atoms with Crippen molar-refractivity contribution in [3.8, 4) is 0 Å². The minimum atomic E-state index is -3.98. The molecule has 0 saturated heterocycles. The van der Waals surface area contributed by atoms with Gasteiger partial charge in [0.05, 0.1) is 5.25 Å². The van der Waals surface area contributed by atoms with Gasteiger partial charge in [0.2, 0.25) is 0 Å². The van der Waals surface area contributed by atoms with Gasteiger partial charge in [-0.1, -0.05) is 63.9 Å². The van der Waals surface area contributed by atoms with Gasteiger partial charge in [0.25, 0.3) is 10.1 Å². The molecule has 0 heterocycles. The normalized spacial score (nSPS) is 14.3. The number of unbranched alkanes of at least 4 members (excludes halogenated alkanes) is 1. The summed E-state index contributed by atoms with van der Waals surface area (Å²) < 4.78 is 32.4. The van der Waals surface area contributed by atoms with Crippen molar-refractivity contribution in [2.24, 2.45) is 0 Å². The van der Waals surface area contributed by atoms with Crippen molar-refractivity contribution in [1.82, 2.24) is 0 Å². The Hall–Kier alpha value is -0.870. The SMILES string of the molecule is CCCCC(CC(C)(C)c1ccccc1)S(=O)(=O)O. The van der Waals surface area contributed by atoms with Crippen molar-refractivity contribution in [3.05, 3.63) is 35.9 Å². The summed E-state index contributed by atoms with van der Waals surface area (Å²) in [6.45, 7) is 6.06. The summed E-state index contributed by atoms with van der Waals surface area (Å²) in [5.41, 5.74) is 0.829. The Morgan fingerprint density at radius 2 is 1.79 bits per heavy atom. The molecule has 1 N–H and O–H groups in total. The standard InChI is InChI=1S/C15H24O3S/c1-4-5-11-14(19(16,17)18)12-15(2,3)13-9-7-6-8-10-13/h6-10,14H,4-5,11-12H2,1-3H3,(H,16,17,18). The van der Waals surface area contributed by atoms with E-state index in [4.69, 9.17) is 0 Å². The lowest BCUT2D eigenvalue weighted by Gasteiger charge is -2.29. The first kappa shape index (κ1) is 16.2. The first-order chi connectivity index (χ1) is 8.77. The van der Waals surface area contributed by atoms with Crippen molar-refractivity contribution >= 4 is 10.1 Å². The minimum Gasteiger partial charge on any atom is -0.285 e. The molecule has 0 fully saturated rings. The molecule has 1 aromatic carbocycles. The van der Waals surface area contributed by atoms with E-state index in [1.807, 2.05) is 51.1 Å². The van der Waals surface area contributed by atoms with Gasteiger partial charge in [0.15, 0.2) is 0 Å². The first-order valence-corrected chi connectivity index (χ1v) is 8.29. The minimum absolute atomic E-state index is 0.268. The molecule has 1 aromatic rings. The van der Waals surface area contributed by atoms with E-state index in [2.05, 4.69) is 0 Å². The third-order valence-electron chi connectivity index (χ3n) is 3.59. The third-order valence-corrected chi connectivity index (χ3v) is 4.84. The predicted molar refractivity (Wildman–Crippen MR) is 78.9 cm³/mol. The van der Waals surface area contributed by atoms with Crippen LogP contribution in [0, 0.1) is 0 Å². The lowest BCUT2D eigenvalue weighted by Crippen LogP contribution is -2.30. The van der Waals surface area contributed by atoms with Gasteiger partial charge < -0.3 is 0 Å². The van der Waals surface area contributed by atoms with Crippen molar-refractivity contribution in [2.75, 3.05) is 0 Å². The number of benzene rings is 1. The summed E-state index contributed by atoms with van der Waals surface area (Å²) in [4.78, 5) is 0. The zero-order valence-electron chi connectivity index (χ0n) is 12.0. The molecule has 108 valence electrons. The maximum Gasteiger partial charge on any atom is 0.267 e. The van der Waals surface area contributed by atoms with Gasteiger partial charge >= 0.3 is 0 Å². The van der Waals surface area contributed by atoms with E-state index in [-0.39, 0.29) is 5.41 Å². The molecule has 3 nitrogen and oxygen atoms in total. The molecule has 0 aromatic heterocycles. The van der Waals surface area contributed by atoms with E-state index in [0.717, 1.165) is 18.4 Å². The fraction of sp³-hybridized carbons (Fsp3) is 0.600. The van der Waals surface area contributed by atoms with Gasteiger partial charge in [0.1, 0.15) is 0 Å². The quantitative estimate of drug-likeness (QED) is 0.775. The topological polar surface area (TPSA) is 54.4 Å². The van der Waals surface area contributed by atoms with Crippen molar-refractivity contribution in [1.29, 1.82) is 0 Å². The van der Waals surface area contributed by atoms with Crippen LogP contribution in [0.15, 0.2) is 30.3 Å². The fourth-order valence-electron chi connectivity index (χ4n) is 2.36. The molecule has 1 unspecified atom stereocenters. The second-order valence-electron chi connectivity index (χ2n) is 5.73. The lowest BCUT2D eigenvalue weighted by molar-refractivity contribution is 0.404. The summed E-state index contributed by atoms with van der Waals surface area (Å²) in [6.07, 6.45) is 2.70. The highest BCUT2D eigenvalue weighted by molar-refractivity contribution is 7.86. The summed E-state index contributed by atoms with van der Waals surface area (Å²) in [5.74, 6) is 0. The summed E-state index contributed by atoms with van der Waals surface area (Å²) in [7, 11) is -3.98. The molecule has 1 rings (SSSR count). The number of rotatable bonds is 7. The van der Waals surface area contributed by atoms with Crippen LogP contribution >= 0.6 is 0 Å². The Morgan fingerprint density at radius 1 is 1.21 bits per heavy atom. The van der Waals surface area contributed by atoms with E-state index < -0.39 is 15.4 Å². The van der Waals surface area contributed by atoms with Gasteiger partial charge in [-0.15, -0.1) is 0 Å². The molecule has 4 heteroatoms. The largest absolute Gasteiger partial charge is 0.285 e. The smallest absolute Gasteiger partial charge is 0.267 e. The molecule has 19 heavy (non-hydrogen) atoms. The van der Waals surface area contributed by atoms with E-state index in [0.29, 0.717) is 12.8 Å². The zero-order valence-corrected chi connectivity index (χ0v) is 12.8. The Balaban J connectivity index is 2.89. The molecule has 0 aliphatic carbocycles. The second kappa shape index (κ2) is 6.53. The molecular weight excluding hydrogens is 260 g/mol. The van der Waals surface area contributed by atoms with Crippen LogP contribution in [0.4, 0.5) is 0 Å². The van der Waals surface area contributed by atoms with Crippen LogP contribution in [-0.4, -0.2) is 18.2 Å². The van der Waals surface area contributed by atoms with Crippen LogP contribution in [-0.2, 0) is 15.5 Å². The van der Waals surface area contributed by atoms with Crippen molar-refractivity contribution < 1.29 is 13.0 Å². The van der Waals surface area contributed by atoms with Crippen LogP contribution < -0.4 is 0 Å². The Morgan fingerprint density at radius 3 is 2.26 bits per heavy atom.